The van der Waals surface area contributed by atoms with E-state index in [4.69, 9.17) is 5.73 Å². The van der Waals surface area contributed by atoms with Gasteiger partial charge in [-0.2, -0.15) is 16.1 Å². The van der Waals surface area contributed by atoms with E-state index in [9.17, 15) is 8.42 Å². The second-order valence-corrected chi connectivity index (χ2v) is 7.94. The van der Waals surface area contributed by atoms with Gasteiger partial charge in [0.2, 0.25) is 10.0 Å². The minimum absolute atomic E-state index is 0.0315. The maximum Gasteiger partial charge on any atom is 0.243 e. The SMILES string of the molecule is Cc1ccc(N)c(C)c1S(=O)(=O)N1CCSCC1C. The first-order chi connectivity index (χ1) is 8.85. The molecule has 0 aromatic heterocycles. The van der Waals surface area contributed by atoms with E-state index in [1.807, 2.05) is 13.8 Å². The third-order valence-corrected chi connectivity index (χ3v) is 7.01. The minimum Gasteiger partial charge on any atom is -0.398 e. The van der Waals surface area contributed by atoms with Gasteiger partial charge in [-0.1, -0.05) is 6.07 Å². The highest BCUT2D eigenvalue weighted by Crippen LogP contribution is 2.30. The van der Waals surface area contributed by atoms with Crippen molar-refractivity contribution in [3.8, 4) is 0 Å². The minimum atomic E-state index is -3.46. The molecule has 19 heavy (non-hydrogen) atoms. The van der Waals surface area contributed by atoms with Gasteiger partial charge in [0.25, 0.3) is 0 Å². The number of nitrogens with two attached hydrogens (primary N) is 1. The van der Waals surface area contributed by atoms with Crippen LogP contribution in [0.4, 0.5) is 5.69 Å². The summed E-state index contributed by atoms with van der Waals surface area (Å²) in [5, 5.41) is 0. The van der Waals surface area contributed by atoms with Crippen molar-refractivity contribution in [3.05, 3.63) is 23.3 Å². The third-order valence-electron chi connectivity index (χ3n) is 3.52. The number of hydrogen-bond donors (Lipinski definition) is 1. The van der Waals surface area contributed by atoms with Gasteiger partial charge in [-0.25, -0.2) is 8.42 Å². The molecule has 1 aliphatic rings. The van der Waals surface area contributed by atoms with Crippen LogP contribution in [0.1, 0.15) is 18.1 Å². The lowest BCUT2D eigenvalue weighted by molar-refractivity contribution is 0.367. The molecule has 1 heterocycles. The Bertz CT molecular complexity index is 585. The Morgan fingerprint density at radius 1 is 1.37 bits per heavy atom. The van der Waals surface area contributed by atoms with Gasteiger partial charge in [-0.3, -0.25) is 0 Å². The number of nitrogens with zero attached hydrogens (tertiary/aromatic N) is 1. The average Bonchev–Trinajstić information content (AvgIpc) is 2.34. The zero-order valence-corrected chi connectivity index (χ0v) is 13.1. The molecule has 1 aromatic rings. The van der Waals surface area contributed by atoms with Crippen molar-refractivity contribution in [2.75, 3.05) is 23.8 Å². The van der Waals surface area contributed by atoms with Crippen molar-refractivity contribution >= 4 is 27.5 Å². The van der Waals surface area contributed by atoms with Gasteiger partial charge in [0, 0.05) is 29.8 Å². The zero-order chi connectivity index (χ0) is 14.2. The molecule has 1 aromatic carbocycles. The Morgan fingerprint density at radius 3 is 2.68 bits per heavy atom. The van der Waals surface area contributed by atoms with E-state index in [0.29, 0.717) is 22.7 Å². The lowest BCUT2D eigenvalue weighted by Crippen LogP contribution is -2.44. The molecule has 0 saturated carbocycles. The number of sulfonamides is 1. The highest BCUT2D eigenvalue weighted by molar-refractivity contribution is 7.99. The molecule has 0 amide bonds. The predicted octanol–water partition coefficient (Wildman–Crippen LogP) is 2.01. The zero-order valence-electron chi connectivity index (χ0n) is 11.5. The van der Waals surface area contributed by atoms with Crippen LogP contribution in [0.5, 0.6) is 0 Å². The molecule has 0 bridgehead atoms. The molecule has 0 aliphatic carbocycles. The van der Waals surface area contributed by atoms with E-state index < -0.39 is 10.0 Å². The van der Waals surface area contributed by atoms with Gasteiger partial charge in [0.15, 0.2) is 0 Å². The standard InChI is InChI=1S/C13H20N2O2S2/c1-9-4-5-12(14)11(3)13(9)19(16,17)15-6-7-18-8-10(15)2/h4-5,10H,6-8,14H2,1-3H3. The average molecular weight is 300 g/mol. The topological polar surface area (TPSA) is 63.4 Å². The van der Waals surface area contributed by atoms with Gasteiger partial charge in [-0.05, 0) is 38.0 Å². The monoisotopic (exact) mass is 300 g/mol. The summed E-state index contributed by atoms with van der Waals surface area (Å²) in [5.74, 6) is 1.70. The van der Waals surface area contributed by atoms with Crippen molar-refractivity contribution in [1.82, 2.24) is 4.31 Å². The number of benzene rings is 1. The van der Waals surface area contributed by atoms with Crippen LogP contribution in [0.15, 0.2) is 17.0 Å². The van der Waals surface area contributed by atoms with Crippen molar-refractivity contribution < 1.29 is 8.42 Å². The van der Waals surface area contributed by atoms with E-state index in [1.165, 1.54) is 0 Å². The molecule has 0 radical (unpaired) electrons. The maximum absolute atomic E-state index is 12.9. The Labute approximate surface area is 119 Å². The quantitative estimate of drug-likeness (QED) is 0.849. The molecule has 2 rings (SSSR count). The third kappa shape index (κ3) is 2.61. The van der Waals surface area contributed by atoms with Crippen molar-refractivity contribution in [3.63, 3.8) is 0 Å². The van der Waals surface area contributed by atoms with E-state index >= 15 is 0 Å². The largest absolute Gasteiger partial charge is 0.398 e. The van der Waals surface area contributed by atoms with Crippen molar-refractivity contribution in [2.45, 2.75) is 31.7 Å². The number of nitrogen functional groups attached to an aromatic ring is 1. The molecule has 1 atom stereocenters. The molecular formula is C13H20N2O2S2. The molecule has 1 unspecified atom stereocenters. The number of thioether (sulfide) groups is 1. The normalized spacial score (nSPS) is 21.5. The summed E-state index contributed by atoms with van der Waals surface area (Å²) in [4.78, 5) is 0.381. The summed E-state index contributed by atoms with van der Waals surface area (Å²) in [6.45, 7) is 6.13. The van der Waals surface area contributed by atoms with Crippen LogP contribution in [-0.2, 0) is 10.0 Å². The number of aryl methyl sites for hydroxylation is 1. The fourth-order valence-electron chi connectivity index (χ4n) is 2.43. The van der Waals surface area contributed by atoms with Gasteiger partial charge >= 0.3 is 0 Å². The van der Waals surface area contributed by atoms with Crippen LogP contribution in [-0.4, -0.2) is 36.8 Å². The second kappa shape index (κ2) is 5.34. The molecule has 4 nitrogen and oxygen atoms in total. The van der Waals surface area contributed by atoms with Crippen LogP contribution in [0, 0.1) is 13.8 Å². The molecule has 1 saturated heterocycles. The molecule has 2 N–H and O–H groups in total. The summed E-state index contributed by atoms with van der Waals surface area (Å²) in [6.07, 6.45) is 0. The predicted molar refractivity (Wildman–Crippen MR) is 81.0 cm³/mol. The fraction of sp³-hybridized carbons (Fsp3) is 0.538. The summed E-state index contributed by atoms with van der Waals surface area (Å²) in [6, 6.07) is 3.57. The van der Waals surface area contributed by atoms with Crippen LogP contribution in [0.25, 0.3) is 0 Å². The first-order valence-corrected chi connectivity index (χ1v) is 8.90. The number of rotatable bonds is 2. The molecular weight excluding hydrogens is 280 g/mol. The van der Waals surface area contributed by atoms with Gasteiger partial charge in [0.1, 0.15) is 0 Å². The number of hydrogen-bond acceptors (Lipinski definition) is 4. The van der Waals surface area contributed by atoms with Crippen LogP contribution in [0.3, 0.4) is 0 Å². The van der Waals surface area contributed by atoms with E-state index in [0.717, 1.165) is 17.1 Å². The summed E-state index contributed by atoms with van der Waals surface area (Å²) in [5.41, 5.74) is 7.81. The molecule has 1 aliphatic heterocycles. The first-order valence-electron chi connectivity index (χ1n) is 6.31. The Morgan fingerprint density at radius 2 is 2.05 bits per heavy atom. The molecule has 106 valence electrons. The smallest absolute Gasteiger partial charge is 0.243 e. The summed E-state index contributed by atoms with van der Waals surface area (Å²) < 4.78 is 27.3. The Hall–Kier alpha value is -0.720. The maximum atomic E-state index is 12.9. The molecule has 0 spiro atoms. The number of anilines is 1. The summed E-state index contributed by atoms with van der Waals surface area (Å²) >= 11 is 1.80. The van der Waals surface area contributed by atoms with Gasteiger partial charge in [-0.15, -0.1) is 0 Å². The van der Waals surface area contributed by atoms with E-state index in [1.54, 1.807) is 35.1 Å². The van der Waals surface area contributed by atoms with Crippen molar-refractivity contribution in [2.24, 2.45) is 0 Å². The van der Waals surface area contributed by atoms with Gasteiger partial charge in [0.05, 0.1) is 4.90 Å². The Kier molecular flexibility index (Phi) is 4.13. The highest BCUT2D eigenvalue weighted by atomic mass is 32.2. The van der Waals surface area contributed by atoms with E-state index in [-0.39, 0.29) is 6.04 Å². The van der Waals surface area contributed by atoms with Crippen LogP contribution < -0.4 is 5.73 Å². The summed E-state index contributed by atoms with van der Waals surface area (Å²) in [7, 11) is -3.46. The highest BCUT2D eigenvalue weighted by Gasteiger charge is 2.33. The molecule has 1 fully saturated rings. The van der Waals surface area contributed by atoms with Crippen LogP contribution in [0.2, 0.25) is 0 Å². The van der Waals surface area contributed by atoms with Gasteiger partial charge < -0.3 is 5.73 Å². The van der Waals surface area contributed by atoms with E-state index in [2.05, 4.69) is 0 Å². The lowest BCUT2D eigenvalue weighted by Gasteiger charge is -2.33. The lowest BCUT2D eigenvalue weighted by atomic mass is 10.1. The molecule has 6 heteroatoms. The van der Waals surface area contributed by atoms with Crippen LogP contribution >= 0.6 is 11.8 Å². The first kappa shape index (κ1) is 14.7. The van der Waals surface area contributed by atoms with Crippen molar-refractivity contribution in [1.29, 1.82) is 0 Å². The fourth-order valence-corrected chi connectivity index (χ4v) is 5.74. The Balaban J connectivity index is 2.53. The second-order valence-electron chi connectivity index (χ2n) is 4.97.